The zero-order chi connectivity index (χ0) is 13.0. The van der Waals surface area contributed by atoms with Gasteiger partial charge < -0.3 is 9.73 Å². The minimum Gasteiger partial charge on any atom is -0.425 e. The van der Waals surface area contributed by atoms with Crippen LogP contribution in [0.5, 0.6) is 0 Å². The van der Waals surface area contributed by atoms with E-state index in [-0.39, 0.29) is 5.41 Å². The first kappa shape index (κ1) is 13.5. The van der Waals surface area contributed by atoms with Crippen LogP contribution < -0.4 is 5.32 Å². The summed E-state index contributed by atoms with van der Waals surface area (Å²) in [6.45, 7) is 7.57. The van der Waals surface area contributed by atoms with E-state index < -0.39 is 0 Å². The van der Waals surface area contributed by atoms with Gasteiger partial charge in [0.15, 0.2) is 0 Å². The van der Waals surface area contributed by atoms with Crippen LogP contribution in [0, 0.1) is 0 Å². The first-order valence-electron chi connectivity index (χ1n) is 7.16. The van der Waals surface area contributed by atoms with Crippen LogP contribution in [0.3, 0.4) is 0 Å². The Hall–Kier alpha value is -0.900. The molecule has 0 bridgehead atoms. The molecule has 1 fully saturated rings. The molecule has 4 heteroatoms. The Kier molecular flexibility index (Phi) is 4.38. The maximum Gasteiger partial charge on any atom is 0.222 e. The highest BCUT2D eigenvalue weighted by molar-refractivity contribution is 5.04. The van der Waals surface area contributed by atoms with Crippen molar-refractivity contribution in [2.24, 2.45) is 0 Å². The highest BCUT2D eigenvalue weighted by Crippen LogP contribution is 2.39. The summed E-state index contributed by atoms with van der Waals surface area (Å²) in [5.41, 5.74) is 0.140. The Morgan fingerprint density at radius 2 is 2.00 bits per heavy atom. The zero-order valence-corrected chi connectivity index (χ0v) is 11.8. The fourth-order valence-corrected chi connectivity index (χ4v) is 2.60. The second-order valence-corrected chi connectivity index (χ2v) is 5.98. The average molecular weight is 251 g/mol. The van der Waals surface area contributed by atoms with E-state index in [2.05, 4.69) is 36.3 Å². The summed E-state index contributed by atoms with van der Waals surface area (Å²) in [6.07, 6.45) is 6.87. The highest BCUT2D eigenvalue weighted by Gasteiger charge is 2.35. The van der Waals surface area contributed by atoms with E-state index in [1.54, 1.807) is 0 Å². The molecule has 0 aliphatic heterocycles. The first-order valence-corrected chi connectivity index (χ1v) is 7.16. The normalized spacial score (nSPS) is 18.7. The van der Waals surface area contributed by atoms with Crippen molar-refractivity contribution in [3.05, 3.63) is 11.8 Å². The van der Waals surface area contributed by atoms with Gasteiger partial charge in [0.2, 0.25) is 11.8 Å². The molecule has 1 aliphatic rings. The molecule has 0 spiro atoms. The molecular weight excluding hydrogens is 226 g/mol. The lowest BCUT2D eigenvalue weighted by Crippen LogP contribution is -2.23. The number of nitrogens with one attached hydrogen (secondary N) is 1. The van der Waals surface area contributed by atoms with E-state index in [1.807, 2.05) is 0 Å². The fourth-order valence-electron chi connectivity index (χ4n) is 2.60. The SMILES string of the molecule is CC(C)NCCCc1nnc(C2(C)CCCC2)o1. The van der Waals surface area contributed by atoms with Crippen LogP contribution in [0.1, 0.15) is 64.7 Å². The molecule has 1 N–H and O–H groups in total. The van der Waals surface area contributed by atoms with E-state index in [0.29, 0.717) is 6.04 Å². The van der Waals surface area contributed by atoms with Crippen LogP contribution >= 0.6 is 0 Å². The smallest absolute Gasteiger partial charge is 0.222 e. The molecule has 18 heavy (non-hydrogen) atoms. The van der Waals surface area contributed by atoms with Crippen LogP contribution in [0.4, 0.5) is 0 Å². The molecule has 0 unspecified atom stereocenters. The molecule has 0 radical (unpaired) electrons. The summed E-state index contributed by atoms with van der Waals surface area (Å²) in [7, 11) is 0. The van der Waals surface area contributed by atoms with Crippen LogP contribution in [-0.2, 0) is 11.8 Å². The molecule has 0 aromatic carbocycles. The van der Waals surface area contributed by atoms with Gasteiger partial charge in [0.25, 0.3) is 0 Å². The standard InChI is InChI=1S/C14H25N3O/c1-11(2)15-10-6-7-12-16-17-13(18-12)14(3)8-4-5-9-14/h11,15H,4-10H2,1-3H3. The molecule has 1 aromatic heterocycles. The van der Waals surface area contributed by atoms with E-state index in [1.165, 1.54) is 25.7 Å². The third kappa shape index (κ3) is 3.31. The Labute approximate surface area is 110 Å². The Bertz CT molecular complexity index is 367. The minimum atomic E-state index is 0.140. The number of hydrogen-bond donors (Lipinski definition) is 1. The van der Waals surface area contributed by atoms with Gasteiger partial charge in [-0.25, -0.2) is 0 Å². The van der Waals surface area contributed by atoms with Crippen molar-refractivity contribution in [2.45, 2.75) is 70.8 Å². The Morgan fingerprint density at radius 1 is 1.28 bits per heavy atom. The average Bonchev–Trinajstić information content (AvgIpc) is 2.94. The molecule has 1 heterocycles. The lowest BCUT2D eigenvalue weighted by molar-refractivity contribution is 0.335. The van der Waals surface area contributed by atoms with Crippen molar-refractivity contribution < 1.29 is 4.42 Å². The molecule has 1 aromatic rings. The zero-order valence-electron chi connectivity index (χ0n) is 11.8. The molecule has 1 saturated carbocycles. The molecule has 0 saturated heterocycles. The molecule has 102 valence electrons. The minimum absolute atomic E-state index is 0.140. The summed E-state index contributed by atoms with van der Waals surface area (Å²) in [5.74, 6) is 1.65. The van der Waals surface area contributed by atoms with Crippen molar-refractivity contribution in [3.8, 4) is 0 Å². The number of rotatable bonds is 6. The molecule has 4 nitrogen and oxygen atoms in total. The predicted octanol–water partition coefficient (Wildman–Crippen LogP) is 2.83. The van der Waals surface area contributed by atoms with Gasteiger partial charge in [0.1, 0.15) is 0 Å². The maximum absolute atomic E-state index is 5.83. The topological polar surface area (TPSA) is 51.0 Å². The predicted molar refractivity (Wildman–Crippen MR) is 71.6 cm³/mol. The summed E-state index contributed by atoms with van der Waals surface area (Å²) >= 11 is 0. The van der Waals surface area contributed by atoms with Crippen LogP contribution in [0.2, 0.25) is 0 Å². The Morgan fingerprint density at radius 3 is 2.67 bits per heavy atom. The van der Waals surface area contributed by atoms with E-state index in [4.69, 9.17) is 4.42 Å². The van der Waals surface area contributed by atoms with Gasteiger partial charge in [-0.2, -0.15) is 0 Å². The van der Waals surface area contributed by atoms with Crippen LogP contribution in [-0.4, -0.2) is 22.8 Å². The van der Waals surface area contributed by atoms with Crippen molar-refractivity contribution >= 4 is 0 Å². The lowest BCUT2D eigenvalue weighted by atomic mass is 9.89. The number of nitrogens with zero attached hydrogens (tertiary/aromatic N) is 2. The van der Waals surface area contributed by atoms with Gasteiger partial charge in [-0.05, 0) is 25.8 Å². The van der Waals surface area contributed by atoms with Crippen molar-refractivity contribution in [2.75, 3.05) is 6.54 Å². The maximum atomic E-state index is 5.83. The van der Waals surface area contributed by atoms with Crippen LogP contribution in [0.15, 0.2) is 4.42 Å². The van der Waals surface area contributed by atoms with Gasteiger partial charge in [-0.15, -0.1) is 10.2 Å². The molecule has 2 rings (SSSR count). The van der Waals surface area contributed by atoms with E-state index >= 15 is 0 Å². The largest absolute Gasteiger partial charge is 0.425 e. The molecule has 0 atom stereocenters. The second-order valence-electron chi connectivity index (χ2n) is 5.98. The van der Waals surface area contributed by atoms with Gasteiger partial charge >= 0.3 is 0 Å². The first-order chi connectivity index (χ1) is 8.60. The fraction of sp³-hybridized carbons (Fsp3) is 0.857. The van der Waals surface area contributed by atoms with Gasteiger partial charge in [-0.3, -0.25) is 0 Å². The summed E-state index contributed by atoms with van der Waals surface area (Å²) in [5, 5.41) is 11.8. The Balaban J connectivity index is 1.83. The van der Waals surface area contributed by atoms with Crippen molar-refractivity contribution in [3.63, 3.8) is 0 Å². The number of aromatic nitrogens is 2. The molecule has 1 aliphatic carbocycles. The monoisotopic (exact) mass is 251 g/mol. The van der Waals surface area contributed by atoms with Gasteiger partial charge in [0.05, 0.1) is 0 Å². The molecular formula is C14H25N3O. The van der Waals surface area contributed by atoms with Gasteiger partial charge in [0, 0.05) is 17.9 Å². The highest BCUT2D eigenvalue weighted by atomic mass is 16.4. The second kappa shape index (κ2) is 5.83. The van der Waals surface area contributed by atoms with Crippen molar-refractivity contribution in [1.29, 1.82) is 0 Å². The summed E-state index contributed by atoms with van der Waals surface area (Å²) in [6, 6.07) is 0.542. The number of aryl methyl sites for hydroxylation is 1. The van der Waals surface area contributed by atoms with Crippen molar-refractivity contribution in [1.82, 2.24) is 15.5 Å². The number of hydrogen-bond acceptors (Lipinski definition) is 4. The third-order valence-electron chi connectivity index (χ3n) is 3.81. The van der Waals surface area contributed by atoms with E-state index in [0.717, 1.165) is 31.2 Å². The summed E-state index contributed by atoms with van der Waals surface area (Å²) < 4.78 is 5.83. The quantitative estimate of drug-likeness (QED) is 0.790. The van der Waals surface area contributed by atoms with E-state index in [9.17, 15) is 0 Å². The summed E-state index contributed by atoms with van der Waals surface area (Å²) in [4.78, 5) is 0. The molecule has 0 amide bonds. The van der Waals surface area contributed by atoms with Crippen LogP contribution in [0.25, 0.3) is 0 Å². The lowest BCUT2D eigenvalue weighted by Gasteiger charge is -2.17. The van der Waals surface area contributed by atoms with Gasteiger partial charge in [-0.1, -0.05) is 33.6 Å². The third-order valence-corrected chi connectivity index (χ3v) is 3.81.